The Labute approximate surface area is 168 Å². The Hall–Kier alpha value is -2.71. The molecule has 0 spiro atoms. The van der Waals surface area contributed by atoms with E-state index >= 15 is 0 Å². The van der Waals surface area contributed by atoms with E-state index in [9.17, 15) is 14.7 Å². The number of hydrogen-bond acceptors (Lipinski definition) is 5. The maximum absolute atomic E-state index is 12.5. The van der Waals surface area contributed by atoms with Crippen LogP contribution >= 0.6 is 0 Å². The maximum Gasteiger partial charge on any atom is 0.332 e. The SMILES string of the molecule is CN(Cc1ccccc1)[C@@H]1CCC[C@@H](n2cnc3c(=O)n(C)c(=O)n(C)c32)[C@@H]1O. The van der Waals surface area contributed by atoms with Gasteiger partial charge in [0, 0.05) is 26.7 Å². The minimum atomic E-state index is -0.631. The second kappa shape index (κ2) is 7.61. The molecule has 0 bridgehead atoms. The highest BCUT2D eigenvalue weighted by molar-refractivity contribution is 5.70. The van der Waals surface area contributed by atoms with Gasteiger partial charge in [-0.2, -0.15) is 0 Å². The van der Waals surface area contributed by atoms with Crippen LogP contribution in [0.15, 0.2) is 46.2 Å². The van der Waals surface area contributed by atoms with Crippen LogP contribution < -0.4 is 11.2 Å². The molecule has 1 aromatic carbocycles. The number of hydrogen-bond donors (Lipinski definition) is 1. The van der Waals surface area contributed by atoms with E-state index in [1.807, 2.05) is 29.8 Å². The van der Waals surface area contributed by atoms with Gasteiger partial charge in [-0.3, -0.25) is 18.8 Å². The molecule has 0 saturated heterocycles. The van der Waals surface area contributed by atoms with E-state index in [-0.39, 0.29) is 17.6 Å². The molecule has 1 saturated carbocycles. The summed E-state index contributed by atoms with van der Waals surface area (Å²) in [5.41, 5.74) is 1.11. The summed E-state index contributed by atoms with van der Waals surface area (Å²) in [6.07, 6.45) is 3.57. The number of aryl methyl sites for hydroxylation is 1. The standard InChI is InChI=1S/C21H27N5O3/c1-23(12-14-8-5-4-6-9-14)15-10-7-11-16(18(15)27)26-13-22-17-19(26)24(2)21(29)25(3)20(17)28/h4-6,8-9,13,15-16,18,27H,7,10-12H2,1-3H3/t15-,16-,18-/m1/s1. The summed E-state index contributed by atoms with van der Waals surface area (Å²) < 4.78 is 4.31. The molecule has 4 rings (SSSR count). The van der Waals surface area contributed by atoms with Gasteiger partial charge in [0.05, 0.1) is 18.5 Å². The van der Waals surface area contributed by atoms with Gasteiger partial charge in [0.1, 0.15) is 5.65 Å². The molecule has 0 radical (unpaired) electrons. The molecule has 1 fully saturated rings. The van der Waals surface area contributed by atoms with Crippen molar-refractivity contribution in [2.75, 3.05) is 7.05 Å². The second-order valence-electron chi connectivity index (χ2n) is 7.99. The largest absolute Gasteiger partial charge is 0.389 e. The number of fused-ring (bicyclic) bond motifs is 1. The Kier molecular flexibility index (Phi) is 5.14. The van der Waals surface area contributed by atoms with Gasteiger partial charge in [-0.15, -0.1) is 0 Å². The lowest BCUT2D eigenvalue weighted by Crippen LogP contribution is -2.48. The third-order valence-electron chi connectivity index (χ3n) is 6.15. The van der Waals surface area contributed by atoms with Crippen LogP contribution in [-0.4, -0.2) is 47.9 Å². The topological polar surface area (TPSA) is 85.3 Å². The first-order chi connectivity index (χ1) is 13.9. The molecule has 3 aromatic rings. The minimum Gasteiger partial charge on any atom is -0.389 e. The van der Waals surface area contributed by atoms with Gasteiger partial charge in [-0.05, 0) is 31.9 Å². The highest BCUT2D eigenvalue weighted by atomic mass is 16.3. The summed E-state index contributed by atoms with van der Waals surface area (Å²) in [5.74, 6) is 0. The van der Waals surface area contributed by atoms with Gasteiger partial charge in [0.25, 0.3) is 5.56 Å². The van der Waals surface area contributed by atoms with E-state index in [2.05, 4.69) is 22.0 Å². The van der Waals surface area contributed by atoms with Gasteiger partial charge in [0.15, 0.2) is 5.52 Å². The summed E-state index contributed by atoms with van der Waals surface area (Å²) in [7, 11) is 5.12. The van der Waals surface area contributed by atoms with Crippen molar-refractivity contribution in [3.63, 3.8) is 0 Å². The molecule has 3 atom stereocenters. The van der Waals surface area contributed by atoms with Crippen molar-refractivity contribution in [3.05, 3.63) is 63.1 Å². The molecular weight excluding hydrogens is 370 g/mol. The quantitative estimate of drug-likeness (QED) is 0.711. The van der Waals surface area contributed by atoms with Crippen LogP contribution in [0.4, 0.5) is 0 Å². The second-order valence-corrected chi connectivity index (χ2v) is 7.99. The molecule has 29 heavy (non-hydrogen) atoms. The average molecular weight is 397 g/mol. The van der Waals surface area contributed by atoms with Crippen LogP contribution in [0.5, 0.6) is 0 Å². The van der Waals surface area contributed by atoms with Crippen LogP contribution in [-0.2, 0) is 20.6 Å². The van der Waals surface area contributed by atoms with Crippen LogP contribution in [0.3, 0.4) is 0 Å². The van der Waals surface area contributed by atoms with Gasteiger partial charge in [0.2, 0.25) is 0 Å². The lowest BCUT2D eigenvalue weighted by Gasteiger charge is -2.40. The highest BCUT2D eigenvalue weighted by Crippen LogP contribution is 2.33. The highest BCUT2D eigenvalue weighted by Gasteiger charge is 2.36. The molecule has 0 aliphatic heterocycles. The van der Waals surface area contributed by atoms with Crippen molar-refractivity contribution in [2.24, 2.45) is 14.1 Å². The van der Waals surface area contributed by atoms with Crippen molar-refractivity contribution < 1.29 is 5.11 Å². The third kappa shape index (κ3) is 3.32. The number of likely N-dealkylation sites (N-methyl/N-ethyl adjacent to an activating group) is 1. The summed E-state index contributed by atoms with van der Waals surface area (Å²) in [5, 5.41) is 11.2. The minimum absolute atomic E-state index is 0.0185. The predicted molar refractivity (Wildman–Crippen MR) is 111 cm³/mol. The Morgan fingerprint density at radius 2 is 1.86 bits per heavy atom. The number of aromatic nitrogens is 4. The molecule has 2 heterocycles. The van der Waals surface area contributed by atoms with Crippen LogP contribution in [0.2, 0.25) is 0 Å². The van der Waals surface area contributed by atoms with Gasteiger partial charge >= 0.3 is 5.69 Å². The number of benzene rings is 1. The monoisotopic (exact) mass is 397 g/mol. The maximum atomic E-state index is 12.5. The first-order valence-electron chi connectivity index (χ1n) is 9.95. The van der Waals surface area contributed by atoms with Crippen LogP contribution in [0.25, 0.3) is 11.2 Å². The molecule has 154 valence electrons. The first kappa shape index (κ1) is 19.6. The van der Waals surface area contributed by atoms with E-state index in [1.165, 1.54) is 17.2 Å². The van der Waals surface area contributed by atoms with Crippen molar-refractivity contribution in [3.8, 4) is 0 Å². The van der Waals surface area contributed by atoms with Crippen LogP contribution in [0.1, 0.15) is 30.9 Å². The van der Waals surface area contributed by atoms with Crippen molar-refractivity contribution in [1.82, 2.24) is 23.6 Å². The first-order valence-corrected chi connectivity index (χ1v) is 9.95. The van der Waals surface area contributed by atoms with Crippen molar-refractivity contribution in [2.45, 2.75) is 44.0 Å². The Bertz CT molecular complexity index is 1130. The Balaban J connectivity index is 1.67. The van der Waals surface area contributed by atoms with Gasteiger partial charge in [-0.1, -0.05) is 30.3 Å². The molecule has 8 nitrogen and oxygen atoms in total. The van der Waals surface area contributed by atoms with E-state index in [1.54, 1.807) is 13.4 Å². The number of aliphatic hydroxyl groups excluding tert-OH is 1. The lowest BCUT2D eigenvalue weighted by molar-refractivity contribution is -0.00591. The van der Waals surface area contributed by atoms with Crippen molar-refractivity contribution >= 4 is 11.2 Å². The van der Waals surface area contributed by atoms with E-state index < -0.39 is 17.4 Å². The zero-order valence-electron chi connectivity index (χ0n) is 17.0. The van der Waals surface area contributed by atoms with Crippen LogP contribution in [0, 0.1) is 0 Å². The molecule has 1 aliphatic rings. The third-order valence-corrected chi connectivity index (χ3v) is 6.15. The Morgan fingerprint density at radius 3 is 2.59 bits per heavy atom. The molecule has 0 unspecified atom stereocenters. The fraction of sp³-hybridized carbons (Fsp3) is 0.476. The fourth-order valence-electron chi connectivity index (χ4n) is 4.55. The summed E-state index contributed by atoms with van der Waals surface area (Å²) in [6, 6.07) is 9.93. The predicted octanol–water partition coefficient (Wildman–Crippen LogP) is 1.02. The zero-order valence-corrected chi connectivity index (χ0v) is 17.0. The molecular formula is C21H27N5O3. The lowest BCUT2D eigenvalue weighted by atomic mass is 9.87. The van der Waals surface area contributed by atoms with E-state index in [0.717, 1.165) is 30.4 Å². The average Bonchev–Trinajstić information content (AvgIpc) is 3.16. The van der Waals surface area contributed by atoms with E-state index in [0.29, 0.717) is 5.65 Å². The van der Waals surface area contributed by atoms with Crippen molar-refractivity contribution in [1.29, 1.82) is 0 Å². The number of rotatable bonds is 4. The smallest absolute Gasteiger partial charge is 0.332 e. The van der Waals surface area contributed by atoms with Gasteiger partial charge in [-0.25, -0.2) is 9.78 Å². The molecule has 1 aliphatic carbocycles. The Morgan fingerprint density at radius 1 is 1.14 bits per heavy atom. The number of aliphatic hydroxyl groups is 1. The van der Waals surface area contributed by atoms with E-state index in [4.69, 9.17) is 0 Å². The fourth-order valence-corrected chi connectivity index (χ4v) is 4.55. The summed E-state index contributed by atoms with van der Waals surface area (Å²) in [4.78, 5) is 31.3. The summed E-state index contributed by atoms with van der Waals surface area (Å²) >= 11 is 0. The summed E-state index contributed by atoms with van der Waals surface area (Å²) in [6.45, 7) is 0.749. The normalized spacial score (nSPS) is 22.4. The number of nitrogens with zero attached hydrogens (tertiary/aromatic N) is 5. The zero-order chi connectivity index (χ0) is 20.7. The molecule has 0 amide bonds. The van der Waals surface area contributed by atoms with Gasteiger partial charge < -0.3 is 9.67 Å². The number of imidazole rings is 1. The molecule has 8 heteroatoms. The molecule has 1 N–H and O–H groups in total. The molecule has 2 aromatic heterocycles.